The van der Waals surface area contributed by atoms with Crippen LogP contribution in [0.5, 0.6) is 5.75 Å². The summed E-state index contributed by atoms with van der Waals surface area (Å²) in [6.07, 6.45) is 4.83. The van der Waals surface area contributed by atoms with Crippen molar-refractivity contribution in [3.63, 3.8) is 0 Å². The highest BCUT2D eigenvalue weighted by atomic mass is 16.5. The maximum absolute atomic E-state index is 12.4. The van der Waals surface area contributed by atoms with E-state index >= 15 is 0 Å². The molecular formula is C21H23N3O2. The molecule has 0 saturated heterocycles. The molecule has 134 valence electrons. The molecule has 0 aliphatic carbocycles. The monoisotopic (exact) mass is 349 g/mol. The van der Waals surface area contributed by atoms with Gasteiger partial charge in [-0.3, -0.25) is 4.79 Å². The number of nitrogens with zero attached hydrogens (tertiary/aromatic N) is 2. The van der Waals surface area contributed by atoms with Gasteiger partial charge >= 0.3 is 0 Å². The Kier molecular flexibility index (Phi) is 5.37. The number of hydrogen-bond donors (Lipinski definition) is 1. The summed E-state index contributed by atoms with van der Waals surface area (Å²) in [4.78, 5) is 16.4. The maximum atomic E-state index is 12.4. The Hall–Kier alpha value is -3.08. The third-order valence-corrected chi connectivity index (χ3v) is 4.26. The van der Waals surface area contributed by atoms with Gasteiger partial charge < -0.3 is 14.6 Å². The highest BCUT2D eigenvalue weighted by Gasteiger charge is 2.17. The van der Waals surface area contributed by atoms with Gasteiger partial charge in [-0.1, -0.05) is 29.8 Å². The van der Waals surface area contributed by atoms with Crippen LogP contribution < -0.4 is 10.1 Å². The van der Waals surface area contributed by atoms with Gasteiger partial charge in [0.15, 0.2) is 6.10 Å². The molecule has 5 nitrogen and oxygen atoms in total. The van der Waals surface area contributed by atoms with Crippen molar-refractivity contribution >= 4 is 5.91 Å². The first-order valence-electron chi connectivity index (χ1n) is 8.65. The Morgan fingerprint density at radius 1 is 1.08 bits per heavy atom. The average Bonchev–Trinajstić information content (AvgIpc) is 3.18. The van der Waals surface area contributed by atoms with Gasteiger partial charge in [-0.15, -0.1) is 0 Å². The second-order valence-corrected chi connectivity index (χ2v) is 6.36. The first kappa shape index (κ1) is 17.7. The van der Waals surface area contributed by atoms with Crippen LogP contribution in [0.2, 0.25) is 0 Å². The molecule has 1 amide bonds. The van der Waals surface area contributed by atoms with Gasteiger partial charge in [0, 0.05) is 18.1 Å². The molecule has 2 aromatic carbocycles. The van der Waals surface area contributed by atoms with Crippen molar-refractivity contribution in [2.24, 2.45) is 0 Å². The highest BCUT2D eigenvalue weighted by Crippen LogP contribution is 2.17. The van der Waals surface area contributed by atoms with Crippen LogP contribution >= 0.6 is 0 Å². The summed E-state index contributed by atoms with van der Waals surface area (Å²) in [7, 11) is 0. The molecule has 5 heteroatoms. The number of aromatic nitrogens is 2. The van der Waals surface area contributed by atoms with Gasteiger partial charge in [-0.25, -0.2) is 4.98 Å². The predicted molar refractivity (Wildman–Crippen MR) is 101 cm³/mol. The van der Waals surface area contributed by atoms with Crippen molar-refractivity contribution in [3.05, 3.63) is 78.4 Å². The fourth-order valence-electron chi connectivity index (χ4n) is 2.64. The second-order valence-electron chi connectivity index (χ2n) is 6.36. The van der Waals surface area contributed by atoms with Crippen LogP contribution in [-0.4, -0.2) is 21.6 Å². The van der Waals surface area contributed by atoms with Gasteiger partial charge in [0.25, 0.3) is 5.91 Å². The van der Waals surface area contributed by atoms with E-state index in [1.165, 1.54) is 0 Å². The summed E-state index contributed by atoms with van der Waals surface area (Å²) >= 11 is 0. The van der Waals surface area contributed by atoms with E-state index in [2.05, 4.69) is 10.3 Å². The molecule has 2 atom stereocenters. The molecule has 0 saturated carbocycles. The zero-order chi connectivity index (χ0) is 18.5. The van der Waals surface area contributed by atoms with Crippen molar-refractivity contribution in [1.82, 2.24) is 14.9 Å². The summed E-state index contributed by atoms with van der Waals surface area (Å²) in [5.41, 5.74) is 3.22. The van der Waals surface area contributed by atoms with Gasteiger partial charge in [0.2, 0.25) is 0 Å². The molecule has 26 heavy (non-hydrogen) atoms. The van der Waals surface area contributed by atoms with Crippen LogP contribution in [0.25, 0.3) is 5.69 Å². The summed E-state index contributed by atoms with van der Waals surface area (Å²) in [6.45, 7) is 5.73. The Morgan fingerprint density at radius 3 is 2.38 bits per heavy atom. The predicted octanol–water partition coefficient (Wildman–Crippen LogP) is 3.83. The molecule has 0 aliphatic heterocycles. The van der Waals surface area contributed by atoms with Crippen molar-refractivity contribution in [1.29, 1.82) is 0 Å². The smallest absolute Gasteiger partial charge is 0.261 e. The highest BCUT2D eigenvalue weighted by molar-refractivity contribution is 5.81. The number of rotatable bonds is 6. The molecule has 3 aromatic rings. The Balaban J connectivity index is 1.58. The molecule has 0 unspecified atom stereocenters. The minimum absolute atomic E-state index is 0.108. The molecule has 1 aromatic heterocycles. The Bertz CT molecular complexity index is 840. The Morgan fingerprint density at radius 2 is 1.77 bits per heavy atom. The lowest BCUT2D eigenvalue weighted by molar-refractivity contribution is -0.127. The summed E-state index contributed by atoms with van der Waals surface area (Å²) in [5.74, 6) is 0.548. The van der Waals surface area contributed by atoms with Crippen LogP contribution in [0.4, 0.5) is 0 Å². The number of amides is 1. The average molecular weight is 349 g/mol. The zero-order valence-electron chi connectivity index (χ0n) is 15.2. The van der Waals surface area contributed by atoms with Gasteiger partial charge in [-0.2, -0.15) is 0 Å². The van der Waals surface area contributed by atoms with Crippen LogP contribution in [-0.2, 0) is 4.79 Å². The molecule has 3 rings (SSSR count). The summed E-state index contributed by atoms with van der Waals surface area (Å²) < 4.78 is 7.65. The van der Waals surface area contributed by atoms with E-state index in [-0.39, 0.29) is 11.9 Å². The molecular weight excluding hydrogens is 326 g/mol. The van der Waals surface area contributed by atoms with Crippen molar-refractivity contribution < 1.29 is 9.53 Å². The lowest BCUT2D eigenvalue weighted by Gasteiger charge is -2.19. The fourth-order valence-corrected chi connectivity index (χ4v) is 2.64. The number of benzene rings is 2. The van der Waals surface area contributed by atoms with Crippen molar-refractivity contribution in [2.75, 3.05) is 0 Å². The SMILES string of the molecule is Cc1ccc(O[C@H](C)C(=O)N[C@@H](C)c2ccc(-n3ccnc3)cc2)cc1. The lowest BCUT2D eigenvalue weighted by Crippen LogP contribution is -2.37. The van der Waals surface area contributed by atoms with Crippen LogP contribution in [0.1, 0.15) is 31.0 Å². The molecule has 1 heterocycles. The number of nitrogens with one attached hydrogen (secondary N) is 1. The lowest BCUT2D eigenvalue weighted by atomic mass is 10.1. The second kappa shape index (κ2) is 7.87. The first-order chi connectivity index (χ1) is 12.5. The number of hydrogen-bond acceptors (Lipinski definition) is 3. The van der Waals surface area contributed by atoms with Gasteiger partial charge in [-0.05, 0) is 50.6 Å². The molecule has 0 aliphatic rings. The maximum Gasteiger partial charge on any atom is 0.261 e. The molecule has 0 radical (unpaired) electrons. The van der Waals surface area contributed by atoms with E-state index in [4.69, 9.17) is 4.74 Å². The number of carbonyl (C=O) groups excluding carboxylic acids is 1. The third kappa shape index (κ3) is 4.30. The van der Waals surface area contributed by atoms with Crippen LogP contribution in [0, 0.1) is 6.92 Å². The third-order valence-electron chi connectivity index (χ3n) is 4.26. The van der Waals surface area contributed by atoms with Crippen molar-refractivity contribution in [2.45, 2.75) is 32.9 Å². The van der Waals surface area contributed by atoms with Crippen molar-refractivity contribution in [3.8, 4) is 11.4 Å². The Labute approximate surface area is 153 Å². The minimum atomic E-state index is -0.564. The van der Waals surface area contributed by atoms with E-state index in [1.54, 1.807) is 19.4 Å². The van der Waals surface area contributed by atoms with E-state index in [1.807, 2.05) is 73.1 Å². The standard InChI is InChI=1S/C21H23N3O2/c1-15-4-10-20(11-5-15)26-17(3)21(25)23-16(2)18-6-8-19(9-7-18)24-13-12-22-14-24/h4-14,16-17H,1-3H3,(H,23,25)/t16-,17+/m0/s1. The molecule has 0 spiro atoms. The van der Waals surface area contributed by atoms with Gasteiger partial charge in [0.05, 0.1) is 12.4 Å². The fraction of sp³-hybridized carbons (Fsp3) is 0.238. The van der Waals surface area contributed by atoms with E-state index < -0.39 is 6.10 Å². The van der Waals surface area contributed by atoms with E-state index in [0.717, 1.165) is 16.8 Å². The normalized spacial score (nSPS) is 13.0. The quantitative estimate of drug-likeness (QED) is 0.736. The molecule has 0 bridgehead atoms. The topological polar surface area (TPSA) is 56.1 Å². The largest absolute Gasteiger partial charge is 0.481 e. The van der Waals surface area contributed by atoms with Crippen LogP contribution in [0.3, 0.4) is 0 Å². The number of ether oxygens (including phenoxy) is 1. The molecule has 0 fully saturated rings. The van der Waals surface area contributed by atoms with E-state index in [0.29, 0.717) is 5.75 Å². The van der Waals surface area contributed by atoms with Gasteiger partial charge in [0.1, 0.15) is 5.75 Å². The number of carbonyl (C=O) groups is 1. The first-order valence-corrected chi connectivity index (χ1v) is 8.65. The molecule has 1 N–H and O–H groups in total. The number of imidazole rings is 1. The van der Waals surface area contributed by atoms with Crippen LogP contribution in [0.15, 0.2) is 67.3 Å². The zero-order valence-corrected chi connectivity index (χ0v) is 15.2. The minimum Gasteiger partial charge on any atom is -0.481 e. The summed E-state index contributed by atoms with van der Waals surface area (Å²) in [6, 6.07) is 15.6. The number of aryl methyl sites for hydroxylation is 1. The van der Waals surface area contributed by atoms with E-state index in [9.17, 15) is 4.79 Å². The summed E-state index contributed by atoms with van der Waals surface area (Å²) in [5, 5.41) is 3.00.